The lowest BCUT2D eigenvalue weighted by Crippen LogP contribution is -2.39. The molecule has 4 aromatic rings. The molecule has 9 heteroatoms. The molecule has 0 saturated carbocycles. The van der Waals surface area contributed by atoms with Gasteiger partial charge < -0.3 is 9.47 Å². The smallest absolute Gasteiger partial charge is 0.332 e. The maximum absolute atomic E-state index is 13.4. The van der Waals surface area contributed by atoms with Crippen molar-refractivity contribution in [3.63, 3.8) is 0 Å². The van der Waals surface area contributed by atoms with E-state index >= 15 is 0 Å². The van der Waals surface area contributed by atoms with E-state index < -0.39 is 0 Å². The van der Waals surface area contributed by atoms with Crippen molar-refractivity contribution in [3.05, 3.63) is 50.4 Å². The first-order valence-electron chi connectivity index (χ1n) is 10.6. The Balaban J connectivity index is 2.09. The quantitative estimate of drug-likeness (QED) is 0.461. The van der Waals surface area contributed by atoms with Gasteiger partial charge >= 0.3 is 5.69 Å². The number of nitrogens with zero attached hydrogens (tertiary/aromatic N) is 5. The summed E-state index contributed by atoms with van der Waals surface area (Å²) in [6, 6.07) is 5.54. The number of fused-ring (bicyclic) bond motifs is 3. The van der Waals surface area contributed by atoms with Crippen LogP contribution in [-0.4, -0.2) is 37.3 Å². The zero-order chi connectivity index (χ0) is 23.3. The standard InChI is InChI=1S/C23H29N5O4/c1-13(2)10-11-26-21(29)19-20(25(5)23(26)30)24-22-27(14(3)15(4)28(19)22)17-9-8-16(31-6)12-18(17)32-7/h8-9,12-13H,10-11H2,1-7H3. The summed E-state index contributed by atoms with van der Waals surface area (Å²) in [6.45, 7) is 8.43. The molecule has 0 aliphatic rings. The van der Waals surface area contributed by atoms with E-state index in [9.17, 15) is 9.59 Å². The molecule has 0 unspecified atom stereocenters. The molecular formula is C23H29N5O4. The van der Waals surface area contributed by atoms with E-state index in [0.29, 0.717) is 40.9 Å². The first kappa shape index (κ1) is 21.7. The Labute approximate surface area is 185 Å². The lowest BCUT2D eigenvalue weighted by molar-refractivity contribution is 0.393. The van der Waals surface area contributed by atoms with Gasteiger partial charge in [-0.15, -0.1) is 0 Å². The highest BCUT2D eigenvalue weighted by Gasteiger charge is 2.24. The first-order valence-corrected chi connectivity index (χ1v) is 10.6. The van der Waals surface area contributed by atoms with Gasteiger partial charge in [0.1, 0.15) is 11.5 Å². The molecule has 3 heterocycles. The third kappa shape index (κ3) is 3.11. The average molecular weight is 440 g/mol. The van der Waals surface area contributed by atoms with Gasteiger partial charge in [0, 0.05) is 31.0 Å². The van der Waals surface area contributed by atoms with Gasteiger partial charge in [-0.2, -0.15) is 4.98 Å². The number of imidazole rings is 2. The minimum Gasteiger partial charge on any atom is -0.497 e. The summed E-state index contributed by atoms with van der Waals surface area (Å²) in [6.07, 6.45) is 0.741. The van der Waals surface area contributed by atoms with Gasteiger partial charge in [0.25, 0.3) is 5.56 Å². The molecule has 170 valence electrons. The summed E-state index contributed by atoms with van der Waals surface area (Å²) >= 11 is 0. The van der Waals surface area contributed by atoms with Gasteiger partial charge in [0.15, 0.2) is 11.2 Å². The minimum atomic E-state index is -0.355. The fourth-order valence-corrected chi connectivity index (χ4v) is 4.09. The molecule has 0 radical (unpaired) electrons. The topological polar surface area (TPSA) is 84.7 Å². The summed E-state index contributed by atoms with van der Waals surface area (Å²) in [7, 11) is 4.85. The fraction of sp³-hybridized carbons (Fsp3) is 0.435. The van der Waals surface area contributed by atoms with E-state index in [4.69, 9.17) is 14.5 Å². The Bertz CT molecular complexity index is 1450. The summed E-state index contributed by atoms with van der Waals surface area (Å²) in [5, 5.41) is 0. The van der Waals surface area contributed by atoms with Gasteiger partial charge in [0.05, 0.1) is 19.9 Å². The molecule has 1 aromatic carbocycles. The maximum atomic E-state index is 13.4. The average Bonchev–Trinajstić information content (AvgIpc) is 3.27. The lowest BCUT2D eigenvalue weighted by atomic mass is 10.1. The third-order valence-electron chi connectivity index (χ3n) is 6.08. The van der Waals surface area contributed by atoms with Gasteiger partial charge in [0.2, 0.25) is 5.78 Å². The molecule has 32 heavy (non-hydrogen) atoms. The molecular weight excluding hydrogens is 410 g/mol. The van der Waals surface area contributed by atoms with Crippen molar-refractivity contribution in [1.82, 2.24) is 23.1 Å². The predicted molar refractivity (Wildman–Crippen MR) is 124 cm³/mol. The summed E-state index contributed by atoms with van der Waals surface area (Å²) < 4.78 is 17.5. The van der Waals surface area contributed by atoms with E-state index in [-0.39, 0.29) is 11.2 Å². The van der Waals surface area contributed by atoms with E-state index in [1.165, 1.54) is 9.13 Å². The number of aromatic nitrogens is 5. The van der Waals surface area contributed by atoms with E-state index in [0.717, 1.165) is 23.5 Å². The highest BCUT2D eigenvalue weighted by molar-refractivity contribution is 5.77. The number of methoxy groups -OCH3 is 2. The Kier molecular flexibility index (Phi) is 5.36. The molecule has 9 nitrogen and oxygen atoms in total. The van der Waals surface area contributed by atoms with Gasteiger partial charge in [-0.05, 0) is 38.3 Å². The molecule has 0 aliphatic carbocycles. The summed E-state index contributed by atoms with van der Waals surface area (Å²) in [5.41, 5.74) is 2.64. The molecule has 3 aromatic heterocycles. The van der Waals surface area contributed by atoms with Crippen LogP contribution in [-0.2, 0) is 13.6 Å². The minimum absolute atomic E-state index is 0.321. The van der Waals surface area contributed by atoms with E-state index in [2.05, 4.69) is 13.8 Å². The zero-order valence-corrected chi connectivity index (χ0v) is 19.6. The molecule has 0 spiro atoms. The predicted octanol–water partition coefficient (Wildman–Crippen LogP) is 2.82. The normalized spacial score (nSPS) is 11.8. The van der Waals surface area contributed by atoms with Crippen LogP contribution >= 0.6 is 0 Å². The van der Waals surface area contributed by atoms with E-state index in [1.54, 1.807) is 27.3 Å². The second-order valence-electron chi connectivity index (χ2n) is 8.44. The van der Waals surface area contributed by atoms with E-state index in [1.807, 2.05) is 34.9 Å². The van der Waals surface area contributed by atoms with Crippen molar-refractivity contribution >= 4 is 16.9 Å². The van der Waals surface area contributed by atoms with Crippen molar-refractivity contribution in [3.8, 4) is 17.2 Å². The molecule has 0 amide bonds. The number of rotatable bonds is 6. The Hall–Kier alpha value is -3.49. The SMILES string of the molecule is COc1ccc(-n2c(C)c(C)n3c4c(=O)n(CCC(C)C)c(=O)n(C)c4nc23)c(OC)c1. The second kappa shape index (κ2) is 7.89. The Morgan fingerprint density at radius 1 is 1.06 bits per heavy atom. The molecule has 0 aliphatic heterocycles. The monoisotopic (exact) mass is 439 g/mol. The van der Waals surface area contributed by atoms with Gasteiger partial charge in [-0.25, -0.2) is 4.79 Å². The number of ether oxygens (including phenoxy) is 2. The Morgan fingerprint density at radius 3 is 2.41 bits per heavy atom. The largest absolute Gasteiger partial charge is 0.497 e. The van der Waals surface area contributed by atoms with Crippen LogP contribution < -0.4 is 20.7 Å². The molecule has 0 N–H and O–H groups in total. The maximum Gasteiger partial charge on any atom is 0.332 e. The fourth-order valence-electron chi connectivity index (χ4n) is 4.09. The highest BCUT2D eigenvalue weighted by Crippen LogP contribution is 2.32. The van der Waals surface area contributed by atoms with Gasteiger partial charge in [-0.3, -0.25) is 22.9 Å². The molecule has 0 fully saturated rings. The Morgan fingerprint density at radius 2 is 1.78 bits per heavy atom. The summed E-state index contributed by atoms with van der Waals surface area (Å²) in [4.78, 5) is 31.1. The van der Waals surface area contributed by atoms with Crippen LogP contribution in [0.25, 0.3) is 22.6 Å². The van der Waals surface area contributed by atoms with Crippen LogP contribution in [0, 0.1) is 19.8 Å². The van der Waals surface area contributed by atoms with Crippen molar-refractivity contribution in [2.24, 2.45) is 13.0 Å². The number of benzene rings is 1. The van der Waals surface area contributed by atoms with Crippen LogP contribution in [0.1, 0.15) is 31.7 Å². The van der Waals surface area contributed by atoms with Gasteiger partial charge in [-0.1, -0.05) is 13.8 Å². The molecule has 0 atom stereocenters. The van der Waals surface area contributed by atoms with Crippen molar-refractivity contribution in [2.75, 3.05) is 14.2 Å². The van der Waals surface area contributed by atoms with Crippen molar-refractivity contribution in [1.29, 1.82) is 0 Å². The lowest BCUT2D eigenvalue weighted by Gasteiger charge is -2.13. The van der Waals surface area contributed by atoms with Crippen molar-refractivity contribution < 1.29 is 9.47 Å². The first-order chi connectivity index (χ1) is 15.2. The molecule has 0 saturated heterocycles. The van der Waals surface area contributed by atoms with Crippen LogP contribution in [0.3, 0.4) is 0 Å². The van der Waals surface area contributed by atoms with Crippen molar-refractivity contribution in [2.45, 2.75) is 40.7 Å². The van der Waals surface area contributed by atoms with Crippen LogP contribution in [0.5, 0.6) is 11.5 Å². The number of hydrogen-bond donors (Lipinski definition) is 0. The van der Waals surface area contributed by atoms with Crippen LogP contribution in [0.4, 0.5) is 0 Å². The zero-order valence-electron chi connectivity index (χ0n) is 19.6. The third-order valence-corrected chi connectivity index (χ3v) is 6.08. The number of hydrogen-bond acceptors (Lipinski definition) is 5. The highest BCUT2D eigenvalue weighted by atomic mass is 16.5. The van der Waals surface area contributed by atoms with Crippen LogP contribution in [0.15, 0.2) is 27.8 Å². The van der Waals surface area contributed by atoms with Crippen LogP contribution in [0.2, 0.25) is 0 Å². The summed E-state index contributed by atoms with van der Waals surface area (Å²) in [5.74, 6) is 2.21. The number of aryl methyl sites for hydroxylation is 2. The second-order valence-corrected chi connectivity index (χ2v) is 8.44. The molecule has 4 rings (SSSR count). The molecule has 0 bridgehead atoms.